The Morgan fingerprint density at radius 3 is 2.41 bits per heavy atom. The number of piperazine rings is 1. The molecule has 1 aliphatic carbocycles. The zero-order valence-corrected chi connectivity index (χ0v) is 13.5. The Hall–Kier alpha value is -1.94. The second-order valence-electron chi connectivity index (χ2n) is 6.16. The van der Waals surface area contributed by atoms with E-state index in [-0.39, 0.29) is 0 Å². The highest BCUT2D eigenvalue weighted by Crippen LogP contribution is 2.22. The van der Waals surface area contributed by atoms with Crippen molar-refractivity contribution in [3.05, 3.63) is 54.3 Å². The lowest BCUT2D eigenvalue weighted by atomic mass is 10.0. The molecule has 1 saturated heterocycles. The molecule has 2 aliphatic rings. The molecule has 3 rings (SSSR count). The minimum Gasteiger partial charge on any atom is -0.373 e. The fraction of sp³-hybridized carbons (Fsp3) is 0.444. The summed E-state index contributed by atoms with van der Waals surface area (Å²) in [5.41, 5.74) is 3.41. The van der Waals surface area contributed by atoms with Gasteiger partial charge in [0, 0.05) is 55.9 Å². The summed E-state index contributed by atoms with van der Waals surface area (Å²) in [6.07, 6.45) is 11.5. The number of aryl methyl sites for hydroxylation is 1. The Morgan fingerprint density at radius 1 is 1.18 bits per heavy atom. The first-order valence-corrected chi connectivity index (χ1v) is 7.95. The van der Waals surface area contributed by atoms with Gasteiger partial charge in [-0.3, -0.25) is 4.90 Å². The molecule has 0 radical (unpaired) electrons. The molecule has 22 heavy (non-hydrogen) atoms. The molecule has 0 bridgehead atoms. The fourth-order valence-corrected chi connectivity index (χ4v) is 3.02. The number of allylic oxidation sites excluding steroid dienone is 3. The second-order valence-corrected chi connectivity index (χ2v) is 6.16. The topological polar surface area (TPSA) is 32.3 Å². The van der Waals surface area contributed by atoms with Crippen molar-refractivity contribution in [2.24, 2.45) is 0 Å². The molecule has 4 nitrogen and oxygen atoms in total. The summed E-state index contributed by atoms with van der Waals surface area (Å²) in [5, 5.41) is 0. The van der Waals surface area contributed by atoms with E-state index in [9.17, 15) is 0 Å². The summed E-state index contributed by atoms with van der Waals surface area (Å²) in [6.45, 7) is 12.5. The predicted molar refractivity (Wildman–Crippen MR) is 90.3 cm³/mol. The van der Waals surface area contributed by atoms with E-state index in [0.717, 1.165) is 49.6 Å². The van der Waals surface area contributed by atoms with Gasteiger partial charge in [0.25, 0.3) is 0 Å². The van der Waals surface area contributed by atoms with E-state index >= 15 is 0 Å². The third-order valence-corrected chi connectivity index (χ3v) is 4.44. The highest BCUT2D eigenvalue weighted by molar-refractivity contribution is 5.70. The largest absolute Gasteiger partial charge is 0.373 e. The van der Waals surface area contributed by atoms with E-state index < -0.39 is 0 Å². The van der Waals surface area contributed by atoms with Gasteiger partial charge in [0.15, 0.2) is 5.82 Å². The molecule has 1 unspecified atom stereocenters. The van der Waals surface area contributed by atoms with Crippen LogP contribution < -0.4 is 0 Å². The molecule has 1 fully saturated rings. The molecular formula is C18H24N4. The van der Waals surface area contributed by atoms with Crippen LogP contribution in [0.4, 0.5) is 0 Å². The molecule has 1 aliphatic heterocycles. The smallest absolute Gasteiger partial charge is 0.158 e. The number of hydrogen-bond acceptors (Lipinski definition) is 4. The van der Waals surface area contributed by atoms with E-state index in [0.29, 0.717) is 6.04 Å². The first-order chi connectivity index (χ1) is 10.6. The minimum absolute atomic E-state index is 0.501. The van der Waals surface area contributed by atoms with E-state index in [1.165, 1.54) is 5.70 Å². The van der Waals surface area contributed by atoms with Crippen molar-refractivity contribution in [1.29, 1.82) is 0 Å². The Balaban J connectivity index is 1.59. The Bertz CT molecular complexity index is 592. The van der Waals surface area contributed by atoms with Crippen molar-refractivity contribution in [2.45, 2.75) is 26.3 Å². The van der Waals surface area contributed by atoms with Gasteiger partial charge in [-0.05, 0) is 25.8 Å². The summed E-state index contributed by atoms with van der Waals surface area (Å²) in [4.78, 5) is 13.7. The van der Waals surface area contributed by atoms with Gasteiger partial charge in [0.2, 0.25) is 0 Å². The van der Waals surface area contributed by atoms with Crippen molar-refractivity contribution in [2.75, 3.05) is 26.2 Å². The highest BCUT2D eigenvalue weighted by atomic mass is 15.3. The molecule has 1 aromatic rings. The number of hydrogen-bond donors (Lipinski definition) is 0. The predicted octanol–water partition coefficient (Wildman–Crippen LogP) is 2.65. The number of rotatable bonds is 3. The molecule has 0 N–H and O–H groups in total. The van der Waals surface area contributed by atoms with Crippen LogP contribution in [0.3, 0.4) is 0 Å². The van der Waals surface area contributed by atoms with Gasteiger partial charge >= 0.3 is 0 Å². The molecular weight excluding hydrogens is 272 g/mol. The van der Waals surface area contributed by atoms with E-state index in [2.05, 4.69) is 51.5 Å². The van der Waals surface area contributed by atoms with Crippen molar-refractivity contribution in [3.63, 3.8) is 0 Å². The van der Waals surface area contributed by atoms with E-state index in [1.54, 1.807) is 0 Å². The fourth-order valence-electron chi connectivity index (χ4n) is 3.02. The molecule has 1 atom stereocenters. The van der Waals surface area contributed by atoms with Crippen molar-refractivity contribution in [1.82, 2.24) is 19.8 Å². The summed E-state index contributed by atoms with van der Waals surface area (Å²) < 4.78 is 0. The van der Waals surface area contributed by atoms with Gasteiger partial charge in [0.05, 0.1) is 0 Å². The summed E-state index contributed by atoms with van der Waals surface area (Å²) in [5.74, 6) is 0.826. The van der Waals surface area contributed by atoms with Crippen LogP contribution in [0.2, 0.25) is 0 Å². The molecule has 1 aromatic heterocycles. The SMILES string of the molecule is C=C(C)N1CCN(C2C=CC(c3ncc(C)cn3)=CC2)CC1. The maximum atomic E-state index is 4.41. The van der Waals surface area contributed by atoms with Crippen molar-refractivity contribution in [3.8, 4) is 0 Å². The maximum Gasteiger partial charge on any atom is 0.158 e. The molecule has 0 saturated carbocycles. The molecule has 2 heterocycles. The summed E-state index contributed by atoms with van der Waals surface area (Å²) in [6, 6.07) is 0.501. The van der Waals surface area contributed by atoms with Gasteiger partial charge in [0.1, 0.15) is 0 Å². The van der Waals surface area contributed by atoms with E-state index in [1.807, 2.05) is 19.3 Å². The molecule has 116 valence electrons. The van der Waals surface area contributed by atoms with Crippen LogP contribution in [-0.2, 0) is 0 Å². The molecule has 0 amide bonds. The third kappa shape index (κ3) is 3.28. The van der Waals surface area contributed by atoms with Gasteiger partial charge in [-0.25, -0.2) is 9.97 Å². The molecule has 0 spiro atoms. The normalized spacial score (nSPS) is 22.5. The van der Waals surface area contributed by atoms with E-state index in [4.69, 9.17) is 0 Å². The lowest BCUT2D eigenvalue weighted by Crippen LogP contribution is -2.49. The van der Waals surface area contributed by atoms with Crippen LogP contribution in [0.15, 0.2) is 42.9 Å². The first kappa shape index (κ1) is 15.0. The number of aromatic nitrogens is 2. The Labute approximate surface area is 132 Å². The van der Waals surface area contributed by atoms with Crippen molar-refractivity contribution < 1.29 is 0 Å². The average molecular weight is 296 g/mol. The summed E-state index contributed by atoms with van der Waals surface area (Å²) >= 11 is 0. The average Bonchev–Trinajstić information content (AvgIpc) is 2.56. The third-order valence-electron chi connectivity index (χ3n) is 4.44. The monoisotopic (exact) mass is 296 g/mol. The Morgan fingerprint density at radius 2 is 1.86 bits per heavy atom. The van der Waals surface area contributed by atoms with Crippen LogP contribution in [0, 0.1) is 6.92 Å². The lowest BCUT2D eigenvalue weighted by molar-refractivity contribution is 0.135. The zero-order valence-electron chi connectivity index (χ0n) is 13.5. The first-order valence-electron chi connectivity index (χ1n) is 7.95. The second kappa shape index (κ2) is 6.44. The number of nitrogens with zero attached hydrogens (tertiary/aromatic N) is 4. The van der Waals surface area contributed by atoms with Crippen molar-refractivity contribution >= 4 is 5.57 Å². The van der Waals surface area contributed by atoms with Crippen LogP contribution >= 0.6 is 0 Å². The molecule has 4 heteroatoms. The molecule has 0 aromatic carbocycles. The minimum atomic E-state index is 0.501. The Kier molecular flexibility index (Phi) is 4.39. The highest BCUT2D eigenvalue weighted by Gasteiger charge is 2.23. The standard InChI is InChI=1S/C18H24N4/c1-14(2)21-8-10-22(11-9-21)17-6-4-16(5-7-17)18-19-12-15(3)13-20-18/h4-6,12-13,17H,1,7-11H2,2-3H3. The zero-order chi connectivity index (χ0) is 15.5. The van der Waals surface area contributed by atoms with Gasteiger partial charge in [-0.2, -0.15) is 0 Å². The maximum absolute atomic E-state index is 4.41. The van der Waals surface area contributed by atoms with Crippen LogP contribution in [-0.4, -0.2) is 52.0 Å². The van der Waals surface area contributed by atoms with Crippen LogP contribution in [0.1, 0.15) is 24.7 Å². The summed E-state index contributed by atoms with van der Waals surface area (Å²) in [7, 11) is 0. The van der Waals surface area contributed by atoms with Gasteiger partial charge in [-0.1, -0.05) is 24.8 Å². The van der Waals surface area contributed by atoms with Gasteiger partial charge < -0.3 is 4.90 Å². The quantitative estimate of drug-likeness (QED) is 0.858. The van der Waals surface area contributed by atoms with Gasteiger partial charge in [-0.15, -0.1) is 0 Å². The van der Waals surface area contributed by atoms with Crippen LogP contribution in [0.25, 0.3) is 5.57 Å². The lowest BCUT2D eigenvalue weighted by Gasteiger charge is -2.39. The van der Waals surface area contributed by atoms with Crippen LogP contribution in [0.5, 0.6) is 0 Å².